The van der Waals surface area contributed by atoms with Crippen LogP contribution in [-0.4, -0.2) is 25.9 Å². The van der Waals surface area contributed by atoms with Crippen LogP contribution in [0.15, 0.2) is 18.2 Å². The number of halogens is 1. The molecule has 1 aromatic rings. The lowest BCUT2D eigenvalue weighted by Crippen LogP contribution is -2.32. The summed E-state index contributed by atoms with van der Waals surface area (Å²) in [6.07, 6.45) is 2.68. The summed E-state index contributed by atoms with van der Waals surface area (Å²) >= 11 is 6.04. The van der Waals surface area contributed by atoms with E-state index in [1.807, 2.05) is 12.1 Å². The molecular weight excluding hydrogens is 274 g/mol. The lowest BCUT2D eigenvalue weighted by Gasteiger charge is -2.27. The lowest BCUT2D eigenvalue weighted by molar-refractivity contribution is 0.0713. The molecule has 0 aromatic heterocycles. The Morgan fingerprint density at radius 3 is 3.10 bits per heavy atom. The molecule has 1 aromatic carbocycles. The highest BCUT2D eigenvalue weighted by atomic mass is 35.5. The van der Waals surface area contributed by atoms with Gasteiger partial charge in [0.1, 0.15) is 0 Å². The number of hydrogen-bond donors (Lipinski definition) is 1. The summed E-state index contributed by atoms with van der Waals surface area (Å²) in [5.41, 5.74) is 2.52. The quantitative estimate of drug-likeness (QED) is 0.924. The maximum Gasteiger partial charge on any atom is 0.0721 e. The summed E-state index contributed by atoms with van der Waals surface area (Å²) in [6.45, 7) is 5.55. The summed E-state index contributed by atoms with van der Waals surface area (Å²) in [5, 5.41) is 4.38. The monoisotopic (exact) mass is 295 g/mol. The third-order valence-electron chi connectivity index (χ3n) is 4.38. The molecule has 1 fully saturated rings. The minimum Gasteiger partial charge on any atom is -0.378 e. The van der Waals surface area contributed by atoms with Gasteiger partial charge in [-0.05, 0) is 48.6 Å². The van der Waals surface area contributed by atoms with Gasteiger partial charge in [0, 0.05) is 11.6 Å². The van der Waals surface area contributed by atoms with E-state index in [4.69, 9.17) is 21.1 Å². The van der Waals surface area contributed by atoms with Gasteiger partial charge in [0.25, 0.3) is 0 Å². The first kappa shape index (κ1) is 14.3. The molecule has 1 unspecified atom stereocenters. The molecule has 3 atom stereocenters. The van der Waals surface area contributed by atoms with E-state index in [-0.39, 0.29) is 6.04 Å². The average Bonchev–Trinajstić information content (AvgIpc) is 2.84. The number of ether oxygens (including phenoxy) is 2. The second-order valence-electron chi connectivity index (χ2n) is 5.83. The zero-order valence-electron chi connectivity index (χ0n) is 11.9. The van der Waals surface area contributed by atoms with E-state index in [9.17, 15) is 0 Å². The van der Waals surface area contributed by atoms with E-state index in [1.165, 1.54) is 17.5 Å². The molecule has 2 heterocycles. The number of hydrogen-bond acceptors (Lipinski definition) is 3. The number of fused-ring (bicyclic) bond motifs is 1. The molecule has 0 amide bonds. The third kappa shape index (κ3) is 3.17. The van der Waals surface area contributed by atoms with Crippen molar-refractivity contribution in [2.75, 3.05) is 19.8 Å². The maximum atomic E-state index is 6.04. The zero-order valence-corrected chi connectivity index (χ0v) is 12.7. The van der Waals surface area contributed by atoms with E-state index >= 15 is 0 Å². The molecule has 0 spiro atoms. The molecule has 20 heavy (non-hydrogen) atoms. The van der Waals surface area contributed by atoms with Gasteiger partial charge in [-0.1, -0.05) is 24.6 Å². The van der Waals surface area contributed by atoms with E-state index < -0.39 is 0 Å². The van der Waals surface area contributed by atoms with Crippen molar-refractivity contribution >= 4 is 11.6 Å². The lowest BCUT2D eigenvalue weighted by atomic mass is 9.98. The Balaban J connectivity index is 1.56. The number of nitrogens with one attached hydrogen (secondary N) is 1. The van der Waals surface area contributed by atoms with Crippen LogP contribution < -0.4 is 5.32 Å². The largest absolute Gasteiger partial charge is 0.378 e. The minimum absolute atomic E-state index is 0.271. The summed E-state index contributed by atoms with van der Waals surface area (Å²) < 4.78 is 11.4. The van der Waals surface area contributed by atoms with Gasteiger partial charge >= 0.3 is 0 Å². The van der Waals surface area contributed by atoms with Gasteiger partial charge in [0.2, 0.25) is 0 Å². The van der Waals surface area contributed by atoms with Gasteiger partial charge in [0.15, 0.2) is 0 Å². The smallest absolute Gasteiger partial charge is 0.0721 e. The summed E-state index contributed by atoms with van der Waals surface area (Å²) in [4.78, 5) is 0. The molecule has 1 saturated heterocycles. The summed E-state index contributed by atoms with van der Waals surface area (Å²) in [7, 11) is 0. The Morgan fingerprint density at radius 2 is 2.30 bits per heavy atom. The first-order chi connectivity index (χ1) is 9.74. The van der Waals surface area contributed by atoms with Crippen molar-refractivity contribution in [3.8, 4) is 0 Å². The van der Waals surface area contributed by atoms with Crippen LogP contribution >= 0.6 is 11.6 Å². The van der Waals surface area contributed by atoms with Gasteiger partial charge in [0.05, 0.1) is 25.4 Å². The Bertz CT molecular complexity index is 466. The van der Waals surface area contributed by atoms with Crippen molar-refractivity contribution in [3.63, 3.8) is 0 Å². The highest BCUT2D eigenvalue weighted by molar-refractivity contribution is 6.30. The standard InChI is InChI=1S/C16H22ClNO2/c1-11-5-7-20-16(11)4-6-18-15-10-19-9-12-8-13(17)2-3-14(12)15/h2-3,8,11,15-16,18H,4-7,9-10H2,1H3/t11-,15?,16-/m1/s1. The fraction of sp³-hybridized carbons (Fsp3) is 0.625. The first-order valence-electron chi connectivity index (χ1n) is 7.45. The van der Waals surface area contributed by atoms with Crippen LogP contribution in [-0.2, 0) is 16.1 Å². The van der Waals surface area contributed by atoms with Crippen molar-refractivity contribution < 1.29 is 9.47 Å². The normalized spacial score (nSPS) is 29.4. The van der Waals surface area contributed by atoms with Gasteiger partial charge in [-0.3, -0.25) is 0 Å². The van der Waals surface area contributed by atoms with Crippen molar-refractivity contribution in [3.05, 3.63) is 34.3 Å². The van der Waals surface area contributed by atoms with Crippen LogP contribution in [0.3, 0.4) is 0 Å². The van der Waals surface area contributed by atoms with Crippen LogP contribution in [0, 0.1) is 5.92 Å². The molecule has 2 aliphatic heterocycles. The van der Waals surface area contributed by atoms with E-state index in [0.717, 1.165) is 31.2 Å². The highest BCUT2D eigenvalue weighted by Crippen LogP contribution is 2.28. The first-order valence-corrected chi connectivity index (χ1v) is 7.83. The second-order valence-corrected chi connectivity index (χ2v) is 6.27. The van der Waals surface area contributed by atoms with Gasteiger partial charge < -0.3 is 14.8 Å². The molecular formula is C16H22ClNO2. The Morgan fingerprint density at radius 1 is 1.40 bits per heavy atom. The van der Waals surface area contributed by atoms with Crippen LogP contribution in [0.5, 0.6) is 0 Å². The number of benzene rings is 1. The Kier molecular flexibility index (Phi) is 4.61. The second kappa shape index (κ2) is 6.44. The van der Waals surface area contributed by atoms with Crippen molar-refractivity contribution in [2.45, 2.75) is 38.5 Å². The molecule has 1 N–H and O–H groups in total. The molecule has 4 heteroatoms. The van der Waals surface area contributed by atoms with E-state index in [2.05, 4.69) is 18.3 Å². The zero-order chi connectivity index (χ0) is 13.9. The predicted molar refractivity (Wildman–Crippen MR) is 80.0 cm³/mol. The van der Waals surface area contributed by atoms with Crippen LogP contribution in [0.4, 0.5) is 0 Å². The van der Waals surface area contributed by atoms with Crippen LogP contribution in [0.25, 0.3) is 0 Å². The summed E-state index contributed by atoms with van der Waals surface area (Å²) in [5.74, 6) is 0.686. The topological polar surface area (TPSA) is 30.5 Å². The maximum absolute atomic E-state index is 6.04. The molecule has 3 rings (SSSR count). The summed E-state index contributed by atoms with van der Waals surface area (Å²) in [6, 6.07) is 6.36. The van der Waals surface area contributed by atoms with E-state index in [1.54, 1.807) is 0 Å². The fourth-order valence-electron chi connectivity index (χ4n) is 3.11. The molecule has 0 saturated carbocycles. The van der Waals surface area contributed by atoms with Crippen LogP contribution in [0.2, 0.25) is 5.02 Å². The van der Waals surface area contributed by atoms with Crippen molar-refractivity contribution in [2.24, 2.45) is 5.92 Å². The molecule has 2 aliphatic rings. The minimum atomic E-state index is 0.271. The number of rotatable bonds is 4. The molecule has 0 aliphatic carbocycles. The average molecular weight is 296 g/mol. The van der Waals surface area contributed by atoms with Crippen molar-refractivity contribution in [1.82, 2.24) is 5.32 Å². The highest BCUT2D eigenvalue weighted by Gasteiger charge is 2.25. The SMILES string of the molecule is C[C@@H]1CCO[C@@H]1CCNC1COCc2cc(Cl)ccc21. The molecule has 0 bridgehead atoms. The molecule has 3 nitrogen and oxygen atoms in total. The van der Waals surface area contributed by atoms with Crippen LogP contribution in [0.1, 0.15) is 36.9 Å². The van der Waals surface area contributed by atoms with E-state index in [0.29, 0.717) is 18.6 Å². The van der Waals surface area contributed by atoms with Gasteiger partial charge in [-0.15, -0.1) is 0 Å². The molecule has 110 valence electrons. The van der Waals surface area contributed by atoms with Gasteiger partial charge in [-0.25, -0.2) is 0 Å². The predicted octanol–water partition coefficient (Wildman–Crippen LogP) is 3.32. The Labute approximate surface area is 125 Å². The molecule has 0 radical (unpaired) electrons. The van der Waals surface area contributed by atoms with Gasteiger partial charge in [-0.2, -0.15) is 0 Å². The van der Waals surface area contributed by atoms with Crippen molar-refractivity contribution in [1.29, 1.82) is 0 Å². The fourth-order valence-corrected chi connectivity index (χ4v) is 3.30. The Hall–Kier alpha value is -0.610. The third-order valence-corrected chi connectivity index (χ3v) is 4.62.